The normalized spacial score (nSPS) is 11.0. The highest BCUT2D eigenvalue weighted by Crippen LogP contribution is 2.18. The Balaban J connectivity index is 1.91. The Morgan fingerprint density at radius 3 is 2.64 bits per heavy atom. The Labute approximate surface area is 134 Å². The first-order valence-electron chi connectivity index (χ1n) is 6.59. The molecule has 0 bridgehead atoms. The average molecular weight is 315 g/mol. The maximum Gasteiger partial charge on any atom is 0.271 e. The number of hydrogen-bond donors (Lipinski definition) is 1. The molecule has 2 aromatic carbocycles. The van der Waals surface area contributed by atoms with Gasteiger partial charge in [0, 0.05) is 22.4 Å². The number of rotatable bonds is 5. The van der Waals surface area contributed by atoms with Crippen molar-refractivity contribution in [2.75, 3.05) is 7.11 Å². The summed E-state index contributed by atoms with van der Waals surface area (Å²) in [4.78, 5) is 11.8. The van der Waals surface area contributed by atoms with Crippen LogP contribution in [0.1, 0.15) is 15.9 Å². The second-order valence-corrected chi connectivity index (χ2v) is 4.76. The van der Waals surface area contributed by atoms with Gasteiger partial charge in [-0.3, -0.25) is 4.79 Å². The van der Waals surface area contributed by atoms with Crippen LogP contribution >= 0.6 is 11.6 Å². The minimum atomic E-state index is -0.293. The van der Waals surface area contributed by atoms with Gasteiger partial charge in [0.15, 0.2) is 0 Å². The number of hydrazone groups is 1. The summed E-state index contributed by atoms with van der Waals surface area (Å²) in [5, 5.41) is 4.44. The molecule has 0 saturated carbocycles. The molecule has 1 amide bonds. The molecule has 5 heteroatoms. The van der Waals surface area contributed by atoms with E-state index >= 15 is 0 Å². The molecule has 4 nitrogen and oxygen atoms in total. The molecular weight excluding hydrogens is 300 g/mol. The first-order valence-corrected chi connectivity index (χ1v) is 6.97. The van der Waals surface area contributed by atoms with Crippen LogP contribution in [0.25, 0.3) is 6.08 Å². The number of benzene rings is 2. The van der Waals surface area contributed by atoms with Crippen LogP contribution in [0, 0.1) is 0 Å². The van der Waals surface area contributed by atoms with Gasteiger partial charge in [0.25, 0.3) is 5.91 Å². The van der Waals surface area contributed by atoms with Crippen LogP contribution in [-0.4, -0.2) is 19.2 Å². The Morgan fingerprint density at radius 2 is 1.91 bits per heavy atom. The Morgan fingerprint density at radius 1 is 1.18 bits per heavy atom. The minimum absolute atomic E-state index is 0.293. The molecule has 0 saturated heterocycles. The first kappa shape index (κ1) is 15.8. The molecule has 0 radical (unpaired) electrons. The number of methoxy groups -OCH3 is 1. The number of nitrogens with zero attached hydrogens (tertiary/aromatic N) is 1. The Bertz CT molecular complexity index is 694. The summed E-state index contributed by atoms with van der Waals surface area (Å²) in [5.41, 5.74) is 3.86. The maximum absolute atomic E-state index is 11.8. The van der Waals surface area contributed by atoms with Crippen molar-refractivity contribution in [1.29, 1.82) is 0 Å². The van der Waals surface area contributed by atoms with Gasteiger partial charge in [-0.25, -0.2) is 5.43 Å². The molecule has 0 fully saturated rings. The molecule has 0 spiro atoms. The van der Waals surface area contributed by atoms with Crippen LogP contribution in [0.5, 0.6) is 5.75 Å². The molecule has 2 aromatic rings. The molecule has 0 unspecified atom stereocenters. The molecule has 0 aromatic heterocycles. The number of halogens is 1. The zero-order chi connectivity index (χ0) is 15.8. The molecule has 0 aliphatic rings. The number of allylic oxidation sites excluding steroid dienone is 1. The van der Waals surface area contributed by atoms with Crippen molar-refractivity contribution < 1.29 is 9.53 Å². The van der Waals surface area contributed by atoms with Gasteiger partial charge in [-0.2, -0.15) is 5.10 Å². The van der Waals surface area contributed by atoms with Crippen LogP contribution in [-0.2, 0) is 0 Å². The third-order valence-electron chi connectivity index (χ3n) is 2.85. The van der Waals surface area contributed by atoms with E-state index in [9.17, 15) is 4.79 Å². The van der Waals surface area contributed by atoms with Crippen LogP contribution < -0.4 is 10.2 Å². The van der Waals surface area contributed by atoms with Gasteiger partial charge in [0.05, 0.1) is 7.11 Å². The highest BCUT2D eigenvalue weighted by molar-refractivity contribution is 6.30. The monoisotopic (exact) mass is 314 g/mol. The molecule has 2 rings (SSSR count). The van der Waals surface area contributed by atoms with Crippen LogP contribution in [0.4, 0.5) is 0 Å². The van der Waals surface area contributed by atoms with Crippen molar-refractivity contribution >= 4 is 29.8 Å². The van der Waals surface area contributed by atoms with Crippen molar-refractivity contribution in [2.45, 2.75) is 0 Å². The summed E-state index contributed by atoms with van der Waals surface area (Å²) >= 11 is 5.76. The lowest BCUT2D eigenvalue weighted by molar-refractivity contribution is 0.0955. The highest BCUT2D eigenvalue weighted by Gasteiger charge is 2.02. The van der Waals surface area contributed by atoms with E-state index in [2.05, 4.69) is 10.5 Å². The smallest absolute Gasteiger partial charge is 0.271 e. The number of carbonyl (C=O) groups is 1. The van der Waals surface area contributed by atoms with Crippen LogP contribution in [0.2, 0.25) is 5.02 Å². The third-order valence-corrected chi connectivity index (χ3v) is 3.10. The van der Waals surface area contributed by atoms with Crippen molar-refractivity contribution in [3.63, 3.8) is 0 Å². The van der Waals surface area contributed by atoms with Crippen LogP contribution in [0.3, 0.4) is 0 Å². The van der Waals surface area contributed by atoms with Gasteiger partial charge in [-0.1, -0.05) is 29.8 Å². The highest BCUT2D eigenvalue weighted by atomic mass is 35.5. The summed E-state index contributed by atoms with van der Waals surface area (Å²) in [7, 11) is 1.62. The van der Waals surface area contributed by atoms with Gasteiger partial charge >= 0.3 is 0 Å². The predicted molar refractivity (Wildman–Crippen MR) is 89.4 cm³/mol. The molecule has 22 heavy (non-hydrogen) atoms. The van der Waals surface area contributed by atoms with E-state index in [0.717, 1.165) is 11.3 Å². The summed E-state index contributed by atoms with van der Waals surface area (Å²) in [6.07, 6.45) is 5.07. The van der Waals surface area contributed by atoms with Crippen molar-refractivity contribution in [3.8, 4) is 5.75 Å². The Kier molecular flexibility index (Phi) is 5.74. The average Bonchev–Trinajstić information content (AvgIpc) is 2.55. The molecule has 0 atom stereocenters. The fourth-order valence-electron chi connectivity index (χ4n) is 1.76. The zero-order valence-corrected chi connectivity index (χ0v) is 12.7. The topological polar surface area (TPSA) is 50.7 Å². The molecule has 0 aliphatic heterocycles. The van der Waals surface area contributed by atoms with Gasteiger partial charge in [0.1, 0.15) is 5.75 Å². The standard InChI is InChI=1S/C17H15ClN2O2/c1-22-16-7-3-2-5-13(16)6-4-12-19-20-17(21)14-8-10-15(18)11-9-14/h2-12H,1H3,(H,20,21). The van der Waals surface area contributed by atoms with Crippen molar-refractivity contribution in [1.82, 2.24) is 5.43 Å². The van der Waals surface area contributed by atoms with Crippen molar-refractivity contribution in [2.24, 2.45) is 5.10 Å². The predicted octanol–water partition coefficient (Wildman–Crippen LogP) is 3.78. The van der Waals surface area contributed by atoms with Gasteiger partial charge < -0.3 is 4.74 Å². The molecule has 112 valence electrons. The summed E-state index contributed by atoms with van der Waals surface area (Å²) < 4.78 is 5.23. The van der Waals surface area contributed by atoms with Gasteiger partial charge in [-0.05, 0) is 42.5 Å². The number of amides is 1. The second kappa shape index (κ2) is 8.00. The quantitative estimate of drug-likeness (QED) is 0.674. The summed E-state index contributed by atoms with van der Waals surface area (Å²) in [6.45, 7) is 0. The van der Waals surface area contributed by atoms with E-state index in [1.807, 2.05) is 30.3 Å². The fourth-order valence-corrected chi connectivity index (χ4v) is 1.88. The van der Waals surface area contributed by atoms with E-state index in [4.69, 9.17) is 16.3 Å². The number of carbonyl (C=O) groups excluding carboxylic acids is 1. The summed E-state index contributed by atoms with van der Waals surface area (Å²) in [6, 6.07) is 14.2. The van der Waals surface area contributed by atoms with E-state index in [-0.39, 0.29) is 5.91 Å². The Hall–Kier alpha value is -2.59. The van der Waals surface area contributed by atoms with Crippen molar-refractivity contribution in [3.05, 3.63) is 70.8 Å². The molecule has 0 heterocycles. The largest absolute Gasteiger partial charge is 0.496 e. The fraction of sp³-hybridized carbons (Fsp3) is 0.0588. The number of ether oxygens (including phenoxy) is 1. The lowest BCUT2D eigenvalue weighted by Gasteiger charge is -2.02. The van der Waals surface area contributed by atoms with E-state index in [1.54, 1.807) is 37.5 Å². The van der Waals surface area contributed by atoms with E-state index in [0.29, 0.717) is 10.6 Å². The van der Waals surface area contributed by atoms with E-state index < -0.39 is 0 Å². The second-order valence-electron chi connectivity index (χ2n) is 4.33. The maximum atomic E-state index is 11.8. The SMILES string of the molecule is COc1ccccc1C=CC=NNC(=O)c1ccc(Cl)cc1. The van der Waals surface area contributed by atoms with Gasteiger partial charge in [-0.15, -0.1) is 0 Å². The summed E-state index contributed by atoms with van der Waals surface area (Å²) in [5.74, 6) is 0.482. The first-order chi connectivity index (χ1) is 10.7. The number of nitrogens with one attached hydrogen (secondary N) is 1. The zero-order valence-electron chi connectivity index (χ0n) is 12.0. The lowest BCUT2D eigenvalue weighted by atomic mass is 10.2. The molecule has 0 aliphatic carbocycles. The van der Waals surface area contributed by atoms with Gasteiger partial charge in [0.2, 0.25) is 0 Å². The number of hydrogen-bond acceptors (Lipinski definition) is 3. The minimum Gasteiger partial charge on any atom is -0.496 e. The molecular formula is C17H15ClN2O2. The lowest BCUT2D eigenvalue weighted by Crippen LogP contribution is -2.17. The molecule has 1 N–H and O–H groups in total. The van der Waals surface area contributed by atoms with Crippen LogP contribution in [0.15, 0.2) is 59.7 Å². The van der Waals surface area contributed by atoms with E-state index in [1.165, 1.54) is 6.21 Å². The number of para-hydroxylation sites is 1. The third kappa shape index (κ3) is 4.46.